The van der Waals surface area contributed by atoms with Crippen LogP contribution >= 0.6 is 23.2 Å². The van der Waals surface area contributed by atoms with E-state index in [1.54, 1.807) is 18.2 Å². The normalized spacial score (nSPS) is 11.2. The van der Waals surface area contributed by atoms with Crippen molar-refractivity contribution in [1.82, 2.24) is 15.1 Å². The van der Waals surface area contributed by atoms with Gasteiger partial charge in [0.25, 0.3) is 0 Å². The molecule has 3 aromatic rings. The Morgan fingerprint density at radius 2 is 1.75 bits per heavy atom. The SMILES string of the molecule is CN(Cc1ccc(Cl)c(Cl)c1)Cc1nnc(-c2ccc(F)cc2)o1. The number of halogens is 3. The summed E-state index contributed by atoms with van der Waals surface area (Å²) in [4.78, 5) is 2.02. The molecule has 0 saturated carbocycles. The minimum atomic E-state index is -0.306. The van der Waals surface area contributed by atoms with E-state index >= 15 is 0 Å². The lowest BCUT2D eigenvalue weighted by Crippen LogP contribution is -2.17. The Morgan fingerprint density at radius 3 is 2.46 bits per heavy atom. The molecule has 0 bridgehead atoms. The van der Waals surface area contributed by atoms with Crippen LogP contribution in [0.2, 0.25) is 10.0 Å². The van der Waals surface area contributed by atoms with Gasteiger partial charge in [-0.25, -0.2) is 4.39 Å². The van der Waals surface area contributed by atoms with Crippen LogP contribution in [0.5, 0.6) is 0 Å². The monoisotopic (exact) mass is 365 g/mol. The molecule has 1 heterocycles. The van der Waals surface area contributed by atoms with Gasteiger partial charge in [0.1, 0.15) is 5.82 Å². The number of aromatic nitrogens is 2. The fourth-order valence-electron chi connectivity index (χ4n) is 2.26. The van der Waals surface area contributed by atoms with Crippen molar-refractivity contribution in [1.29, 1.82) is 0 Å². The minimum Gasteiger partial charge on any atom is -0.419 e. The molecule has 4 nitrogen and oxygen atoms in total. The van der Waals surface area contributed by atoms with Gasteiger partial charge in [0.05, 0.1) is 16.6 Å². The molecule has 0 radical (unpaired) electrons. The minimum absolute atomic E-state index is 0.306. The van der Waals surface area contributed by atoms with Crippen molar-refractivity contribution in [3.05, 3.63) is 69.8 Å². The second kappa shape index (κ2) is 7.30. The Hall–Kier alpha value is -1.95. The summed E-state index contributed by atoms with van der Waals surface area (Å²) in [5.41, 5.74) is 1.72. The van der Waals surface area contributed by atoms with Gasteiger partial charge in [-0.05, 0) is 49.0 Å². The zero-order valence-corrected chi connectivity index (χ0v) is 14.4. The molecule has 0 unspecified atom stereocenters. The van der Waals surface area contributed by atoms with Crippen LogP contribution in [0.4, 0.5) is 4.39 Å². The summed E-state index contributed by atoms with van der Waals surface area (Å²) in [6, 6.07) is 11.4. The summed E-state index contributed by atoms with van der Waals surface area (Å²) < 4.78 is 18.6. The first kappa shape index (κ1) is 16.9. The predicted molar refractivity (Wildman–Crippen MR) is 91.3 cm³/mol. The Labute approximate surface area is 148 Å². The summed E-state index contributed by atoms with van der Waals surface area (Å²) in [5.74, 6) is 0.546. The molecule has 0 aliphatic heterocycles. The topological polar surface area (TPSA) is 42.2 Å². The average Bonchev–Trinajstić information content (AvgIpc) is 3.00. The van der Waals surface area contributed by atoms with Gasteiger partial charge in [-0.15, -0.1) is 10.2 Å². The van der Waals surface area contributed by atoms with Crippen LogP contribution in [0.3, 0.4) is 0 Å². The first-order valence-electron chi connectivity index (χ1n) is 7.22. The van der Waals surface area contributed by atoms with E-state index in [0.29, 0.717) is 40.5 Å². The van der Waals surface area contributed by atoms with Crippen LogP contribution in [0.1, 0.15) is 11.5 Å². The third kappa shape index (κ3) is 4.12. The molecule has 0 amide bonds. The van der Waals surface area contributed by atoms with E-state index < -0.39 is 0 Å². The molecular weight excluding hydrogens is 352 g/mol. The highest BCUT2D eigenvalue weighted by Gasteiger charge is 2.11. The van der Waals surface area contributed by atoms with E-state index in [0.717, 1.165) is 5.56 Å². The molecule has 2 aromatic carbocycles. The van der Waals surface area contributed by atoms with Gasteiger partial charge in [0.15, 0.2) is 0 Å². The maximum absolute atomic E-state index is 12.9. The highest BCUT2D eigenvalue weighted by molar-refractivity contribution is 6.42. The maximum atomic E-state index is 12.9. The molecule has 7 heteroatoms. The summed E-state index contributed by atoms with van der Waals surface area (Å²) in [7, 11) is 1.93. The summed E-state index contributed by atoms with van der Waals surface area (Å²) in [6.45, 7) is 1.14. The van der Waals surface area contributed by atoms with E-state index in [4.69, 9.17) is 27.6 Å². The highest BCUT2D eigenvalue weighted by Crippen LogP contribution is 2.23. The molecule has 0 aliphatic rings. The number of rotatable bonds is 5. The summed E-state index contributed by atoms with van der Waals surface area (Å²) >= 11 is 11.9. The zero-order chi connectivity index (χ0) is 17.1. The third-order valence-electron chi connectivity index (χ3n) is 3.40. The second-order valence-electron chi connectivity index (χ2n) is 5.43. The Morgan fingerprint density at radius 1 is 1.00 bits per heavy atom. The standard InChI is InChI=1S/C17H14Cl2FN3O/c1-23(9-11-2-7-14(18)15(19)8-11)10-16-21-22-17(24-16)12-3-5-13(20)6-4-12/h2-8H,9-10H2,1H3. The van der Waals surface area contributed by atoms with Gasteiger partial charge >= 0.3 is 0 Å². The molecule has 0 saturated heterocycles. The van der Waals surface area contributed by atoms with Crippen molar-refractivity contribution in [2.45, 2.75) is 13.1 Å². The molecule has 3 rings (SSSR count). The molecule has 24 heavy (non-hydrogen) atoms. The lowest BCUT2D eigenvalue weighted by atomic mass is 10.2. The molecule has 0 atom stereocenters. The summed E-state index contributed by atoms with van der Waals surface area (Å²) in [5, 5.41) is 9.08. The molecule has 124 valence electrons. The smallest absolute Gasteiger partial charge is 0.247 e. The number of benzene rings is 2. The van der Waals surface area contributed by atoms with Crippen molar-refractivity contribution in [3.63, 3.8) is 0 Å². The van der Waals surface area contributed by atoms with Crippen LogP contribution in [0.15, 0.2) is 46.9 Å². The number of hydrogen-bond acceptors (Lipinski definition) is 4. The van der Waals surface area contributed by atoms with E-state index in [1.807, 2.05) is 24.1 Å². The Bertz CT molecular complexity index is 836. The van der Waals surface area contributed by atoms with Crippen LogP contribution < -0.4 is 0 Å². The average molecular weight is 366 g/mol. The van der Waals surface area contributed by atoms with E-state index in [1.165, 1.54) is 12.1 Å². The lowest BCUT2D eigenvalue weighted by molar-refractivity contribution is 0.283. The van der Waals surface area contributed by atoms with Gasteiger partial charge in [0, 0.05) is 12.1 Å². The quantitative estimate of drug-likeness (QED) is 0.650. The zero-order valence-electron chi connectivity index (χ0n) is 12.8. The largest absolute Gasteiger partial charge is 0.419 e. The third-order valence-corrected chi connectivity index (χ3v) is 4.14. The highest BCUT2D eigenvalue weighted by atomic mass is 35.5. The fourth-order valence-corrected chi connectivity index (χ4v) is 2.58. The molecule has 0 N–H and O–H groups in total. The Balaban J connectivity index is 1.65. The fraction of sp³-hybridized carbons (Fsp3) is 0.176. The van der Waals surface area contributed by atoms with Crippen LogP contribution in [-0.4, -0.2) is 22.1 Å². The van der Waals surface area contributed by atoms with Crippen molar-refractivity contribution in [2.24, 2.45) is 0 Å². The van der Waals surface area contributed by atoms with Gasteiger partial charge < -0.3 is 4.42 Å². The van der Waals surface area contributed by atoms with Crippen molar-refractivity contribution >= 4 is 23.2 Å². The van der Waals surface area contributed by atoms with Crippen LogP contribution in [0, 0.1) is 5.82 Å². The molecule has 0 aliphatic carbocycles. The van der Waals surface area contributed by atoms with E-state index in [2.05, 4.69) is 10.2 Å². The first-order chi connectivity index (χ1) is 11.5. The number of hydrogen-bond donors (Lipinski definition) is 0. The van der Waals surface area contributed by atoms with Crippen LogP contribution in [-0.2, 0) is 13.1 Å². The lowest BCUT2D eigenvalue weighted by Gasteiger charge is -2.14. The van der Waals surface area contributed by atoms with Gasteiger partial charge in [-0.2, -0.15) is 0 Å². The molecule has 0 fully saturated rings. The molecule has 0 spiro atoms. The molecule has 1 aromatic heterocycles. The van der Waals surface area contributed by atoms with Crippen molar-refractivity contribution in [3.8, 4) is 11.5 Å². The van der Waals surface area contributed by atoms with Gasteiger partial charge in [0.2, 0.25) is 11.8 Å². The second-order valence-corrected chi connectivity index (χ2v) is 6.24. The van der Waals surface area contributed by atoms with Gasteiger partial charge in [-0.3, -0.25) is 4.90 Å². The van der Waals surface area contributed by atoms with Crippen molar-refractivity contribution < 1.29 is 8.81 Å². The number of nitrogens with zero attached hydrogens (tertiary/aromatic N) is 3. The summed E-state index contributed by atoms with van der Waals surface area (Å²) in [6.07, 6.45) is 0. The maximum Gasteiger partial charge on any atom is 0.247 e. The Kier molecular flexibility index (Phi) is 5.14. The predicted octanol–water partition coefficient (Wildman–Crippen LogP) is 4.81. The molecular formula is C17H14Cl2FN3O. The van der Waals surface area contributed by atoms with Crippen molar-refractivity contribution in [2.75, 3.05) is 7.05 Å². The van der Waals surface area contributed by atoms with E-state index in [-0.39, 0.29) is 5.82 Å². The van der Waals surface area contributed by atoms with Crippen LogP contribution in [0.25, 0.3) is 11.5 Å². The van der Waals surface area contributed by atoms with Gasteiger partial charge in [-0.1, -0.05) is 29.3 Å². The first-order valence-corrected chi connectivity index (χ1v) is 7.97. The van der Waals surface area contributed by atoms with E-state index in [9.17, 15) is 4.39 Å².